The number of aliphatic hydroxyl groups is 1. The van der Waals surface area contributed by atoms with E-state index in [0.29, 0.717) is 23.0 Å². The van der Waals surface area contributed by atoms with Gasteiger partial charge in [-0.15, -0.1) is 0 Å². The molecule has 0 saturated heterocycles. The molecule has 0 saturated carbocycles. The van der Waals surface area contributed by atoms with Crippen molar-refractivity contribution in [2.75, 3.05) is 11.6 Å². The number of hydrogen-bond donors (Lipinski definition) is 3. The highest BCUT2D eigenvalue weighted by Crippen LogP contribution is 2.27. The summed E-state index contributed by atoms with van der Waals surface area (Å²) >= 11 is 0. The van der Waals surface area contributed by atoms with E-state index in [1.54, 1.807) is 59.4 Å². The van der Waals surface area contributed by atoms with E-state index in [0.717, 1.165) is 16.8 Å². The third-order valence-electron chi connectivity index (χ3n) is 6.13. The zero-order valence-electron chi connectivity index (χ0n) is 21.5. The molecular weight excluding hydrogens is 526 g/mol. The topological polar surface area (TPSA) is 245 Å². The van der Waals surface area contributed by atoms with E-state index >= 15 is 0 Å². The van der Waals surface area contributed by atoms with Crippen molar-refractivity contribution in [3.05, 3.63) is 116 Å². The molecule has 15 nitrogen and oxygen atoms in total. The lowest BCUT2D eigenvalue weighted by Gasteiger charge is -2.19. The predicted molar refractivity (Wildman–Crippen MR) is 151 cm³/mol. The molecule has 0 radical (unpaired) electrons. The maximum Gasteiger partial charge on any atom is 0.273 e. The van der Waals surface area contributed by atoms with Crippen LogP contribution in [0.2, 0.25) is 0 Å². The molecular formula is C26H23N13O2. The molecule has 2 aromatic carbocycles. The second-order valence-corrected chi connectivity index (χ2v) is 8.71. The lowest BCUT2D eigenvalue weighted by Crippen LogP contribution is -2.38. The predicted octanol–water partition coefficient (Wildman–Crippen LogP) is 4.22. The zero-order valence-corrected chi connectivity index (χ0v) is 21.5. The number of nitrogens with zero attached hydrogens (tertiary/aromatic N) is 11. The van der Waals surface area contributed by atoms with E-state index in [1.165, 1.54) is 6.07 Å². The Balaban J connectivity index is 1.75. The maximum atomic E-state index is 13.9. The zero-order chi connectivity index (χ0) is 29.4. The smallest absolute Gasteiger partial charge is 0.273 e. The Morgan fingerprint density at radius 2 is 1.93 bits per heavy atom. The second-order valence-electron chi connectivity index (χ2n) is 8.71. The largest absolute Gasteiger partial charge is 0.515 e. The molecule has 1 amide bonds. The molecule has 0 spiro atoms. The van der Waals surface area contributed by atoms with Gasteiger partial charge in [0, 0.05) is 33.4 Å². The first-order valence-corrected chi connectivity index (χ1v) is 12.1. The minimum atomic E-state index is -0.891. The number of hydrazine groups is 1. The van der Waals surface area contributed by atoms with Gasteiger partial charge >= 0.3 is 0 Å². The van der Waals surface area contributed by atoms with Crippen molar-refractivity contribution in [3.63, 3.8) is 0 Å². The van der Waals surface area contributed by atoms with Gasteiger partial charge in [0.1, 0.15) is 5.69 Å². The van der Waals surface area contributed by atoms with Crippen LogP contribution in [-0.2, 0) is 13.1 Å². The molecule has 2 heterocycles. The van der Waals surface area contributed by atoms with E-state index in [1.807, 2.05) is 0 Å². The van der Waals surface area contributed by atoms with E-state index in [9.17, 15) is 9.90 Å². The number of fused-ring (bicyclic) bond motifs is 1. The van der Waals surface area contributed by atoms with Gasteiger partial charge in [0.2, 0.25) is 0 Å². The fourth-order valence-electron chi connectivity index (χ4n) is 4.13. The molecule has 2 aromatic heterocycles. The fourth-order valence-corrected chi connectivity index (χ4v) is 4.13. The van der Waals surface area contributed by atoms with E-state index < -0.39 is 11.9 Å². The third kappa shape index (κ3) is 6.23. The Bertz CT molecular complexity index is 1760. The van der Waals surface area contributed by atoms with Gasteiger partial charge in [-0.3, -0.25) is 9.48 Å². The number of aromatic nitrogens is 3. The minimum absolute atomic E-state index is 0.148. The number of rotatable bonds is 10. The molecule has 41 heavy (non-hydrogen) atoms. The van der Waals surface area contributed by atoms with Crippen molar-refractivity contribution in [1.82, 2.24) is 14.8 Å². The molecule has 0 fully saturated rings. The number of pyridine rings is 1. The van der Waals surface area contributed by atoms with Crippen molar-refractivity contribution in [3.8, 4) is 6.07 Å². The van der Waals surface area contributed by atoms with E-state index in [2.05, 4.69) is 36.2 Å². The average molecular weight is 550 g/mol. The molecule has 0 aliphatic heterocycles. The Hall–Kier alpha value is -5.90. The van der Waals surface area contributed by atoms with Gasteiger partial charge < -0.3 is 10.8 Å². The Morgan fingerprint density at radius 3 is 2.61 bits per heavy atom. The standard InChI is InChI=1S/C26H23N13O2/c27-10-16-5-7-17(8-6-16)13-38-14-25(24(35-38)12-33-37-30)39(31)26(41)19-9-23(20(15-40)21(28)11-32-36-29)34-22-4-2-1-3-18(19)22/h1-9,14-15,21,40H,11-13,28,31H2/b20-15+. The maximum absolute atomic E-state index is 13.9. The fraction of sp³-hybridized carbons (Fsp3) is 0.154. The summed E-state index contributed by atoms with van der Waals surface area (Å²) in [6.45, 7) is -0.0147. The molecule has 15 heteroatoms. The van der Waals surface area contributed by atoms with Crippen molar-refractivity contribution >= 4 is 28.1 Å². The molecule has 204 valence electrons. The minimum Gasteiger partial charge on any atom is -0.515 e. The first kappa shape index (κ1) is 28.1. The number of azide groups is 2. The van der Waals surface area contributed by atoms with Gasteiger partial charge in [0.25, 0.3) is 5.91 Å². The third-order valence-corrected chi connectivity index (χ3v) is 6.13. The number of carbonyl (C=O) groups excluding carboxylic acids is 1. The number of anilines is 1. The summed E-state index contributed by atoms with van der Waals surface area (Å²) in [6, 6.07) is 16.4. The Labute approximate surface area is 232 Å². The monoisotopic (exact) mass is 549 g/mol. The van der Waals surface area contributed by atoms with Gasteiger partial charge in [0.05, 0.1) is 59.6 Å². The molecule has 0 aliphatic carbocycles. The molecule has 4 rings (SSSR count). The van der Waals surface area contributed by atoms with Crippen LogP contribution in [0.3, 0.4) is 0 Å². The van der Waals surface area contributed by atoms with Gasteiger partial charge in [-0.1, -0.05) is 40.6 Å². The van der Waals surface area contributed by atoms with Crippen LogP contribution in [0.4, 0.5) is 5.69 Å². The molecule has 1 atom stereocenters. The van der Waals surface area contributed by atoms with Gasteiger partial charge in [-0.2, -0.15) is 10.4 Å². The van der Waals surface area contributed by atoms with Gasteiger partial charge in [0.15, 0.2) is 0 Å². The van der Waals surface area contributed by atoms with Crippen LogP contribution in [-0.4, -0.2) is 38.4 Å². The molecule has 0 bridgehead atoms. The number of hydrogen-bond acceptors (Lipinski definition) is 9. The summed E-state index contributed by atoms with van der Waals surface area (Å²) in [7, 11) is 0. The number of nitriles is 1. The Morgan fingerprint density at radius 1 is 1.20 bits per heavy atom. The highest BCUT2D eigenvalue weighted by atomic mass is 16.2. The van der Waals surface area contributed by atoms with Crippen LogP contribution in [0.25, 0.3) is 37.4 Å². The molecule has 4 aromatic rings. The van der Waals surface area contributed by atoms with Crippen molar-refractivity contribution in [2.24, 2.45) is 21.8 Å². The summed E-state index contributed by atoms with van der Waals surface area (Å²) < 4.78 is 1.55. The molecule has 1 unspecified atom stereocenters. The van der Waals surface area contributed by atoms with E-state index in [4.69, 9.17) is 27.9 Å². The number of benzene rings is 2. The Kier molecular flexibility index (Phi) is 8.75. The highest BCUT2D eigenvalue weighted by Gasteiger charge is 2.24. The van der Waals surface area contributed by atoms with Gasteiger partial charge in [-0.05, 0) is 40.9 Å². The SMILES string of the molecule is N#Cc1ccc(Cn2cc(N(N)C(=O)c3cc(/C(=C/O)C(N)CN=[N+]=[N-])nc4ccccc34)c(CN=[N+]=[N-])n2)cc1. The second kappa shape index (κ2) is 12.8. The number of aliphatic hydroxyl groups excluding tert-OH is 1. The lowest BCUT2D eigenvalue weighted by molar-refractivity contribution is 0.0988. The van der Waals surface area contributed by atoms with Crippen molar-refractivity contribution in [2.45, 2.75) is 19.1 Å². The van der Waals surface area contributed by atoms with Crippen LogP contribution in [0, 0.1) is 11.3 Å². The summed E-state index contributed by atoms with van der Waals surface area (Å²) in [4.78, 5) is 23.9. The first-order valence-electron chi connectivity index (χ1n) is 12.1. The van der Waals surface area contributed by atoms with Crippen LogP contribution >= 0.6 is 0 Å². The van der Waals surface area contributed by atoms with E-state index in [-0.39, 0.29) is 41.3 Å². The van der Waals surface area contributed by atoms with Crippen molar-refractivity contribution < 1.29 is 9.90 Å². The van der Waals surface area contributed by atoms with Crippen molar-refractivity contribution in [1.29, 1.82) is 5.26 Å². The number of para-hydroxylation sites is 1. The summed E-state index contributed by atoms with van der Waals surface area (Å²) in [5, 5.41) is 31.8. The summed E-state index contributed by atoms with van der Waals surface area (Å²) in [5.41, 5.74) is 26.4. The van der Waals surface area contributed by atoms with Gasteiger partial charge in [-0.25, -0.2) is 15.8 Å². The molecule has 0 aliphatic rings. The summed E-state index contributed by atoms with van der Waals surface area (Å²) in [6.07, 6.45) is 2.31. The summed E-state index contributed by atoms with van der Waals surface area (Å²) in [5.74, 6) is 5.72. The average Bonchev–Trinajstić information content (AvgIpc) is 3.40. The molecule has 5 N–H and O–H groups in total. The van der Waals surface area contributed by atoms with Crippen LogP contribution in [0.15, 0.2) is 77.3 Å². The number of nitrogens with two attached hydrogens (primary N) is 2. The normalized spacial score (nSPS) is 11.7. The quantitative estimate of drug-likeness (QED) is 0.0493. The number of amides is 1. The van der Waals surface area contributed by atoms with Crippen LogP contribution in [0.1, 0.15) is 32.9 Å². The lowest BCUT2D eigenvalue weighted by atomic mass is 10.00. The van der Waals surface area contributed by atoms with Crippen LogP contribution < -0.4 is 16.6 Å². The number of carbonyl (C=O) groups is 1. The van der Waals surface area contributed by atoms with Crippen LogP contribution in [0.5, 0.6) is 0 Å². The first-order chi connectivity index (χ1) is 19.9. The highest BCUT2D eigenvalue weighted by molar-refractivity contribution is 6.13.